The molecule has 0 bridgehead atoms. The number of hydrogen-bond acceptors (Lipinski definition) is 7. The third-order valence-electron chi connectivity index (χ3n) is 3.32. The SMILES string of the molecule is COCCNCCn1nnnc1SCCN1CCCC1. The number of aromatic nitrogens is 4. The van der Waals surface area contributed by atoms with Crippen LogP contribution in [-0.2, 0) is 11.3 Å². The van der Waals surface area contributed by atoms with Crippen LogP contribution in [0.4, 0.5) is 0 Å². The number of methoxy groups -OCH3 is 1. The van der Waals surface area contributed by atoms with Crippen LogP contribution in [0.5, 0.6) is 0 Å². The van der Waals surface area contributed by atoms with Crippen LogP contribution in [0.1, 0.15) is 12.8 Å². The van der Waals surface area contributed by atoms with Crippen molar-refractivity contribution in [3.05, 3.63) is 0 Å². The van der Waals surface area contributed by atoms with Gasteiger partial charge in [0.05, 0.1) is 13.2 Å². The first-order valence-corrected chi connectivity index (χ1v) is 8.19. The number of thioether (sulfide) groups is 1. The highest BCUT2D eigenvalue weighted by Gasteiger charge is 2.12. The molecule has 2 heterocycles. The molecule has 0 saturated carbocycles. The third-order valence-corrected chi connectivity index (χ3v) is 4.26. The molecule has 1 aromatic heterocycles. The molecule has 0 aliphatic carbocycles. The molecule has 1 aliphatic rings. The van der Waals surface area contributed by atoms with Crippen LogP contribution in [-0.4, -0.2) is 77.3 Å². The molecular weight excluding hydrogens is 276 g/mol. The minimum absolute atomic E-state index is 0.729. The molecule has 114 valence electrons. The highest BCUT2D eigenvalue weighted by Crippen LogP contribution is 2.15. The fourth-order valence-electron chi connectivity index (χ4n) is 2.20. The van der Waals surface area contributed by atoms with Crippen molar-refractivity contribution in [2.24, 2.45) is 0 Å². The summed E-state index contributed by atoms with van der Waals surface area (Å²) in [7, 11) is 1.71. The first-order valence-electron chi connectivity index (χ1n) is 7.21. The summed E-state index contributed by atoms with van der Waals surface area (Å²) < 4.78 is 6.86. The minimum atomic E-state index is 0.729. The van der Waals surface area contributed by atoms with Crippen molar-refractivity contribution < 1.29 is 4.74 Å². The number of tetrazole rings is 1. The lowest BCUT2D eigenvalue weighted by Crippen LogP contribution is -2.24. The number of likely N-dealkylation sites (tertiary alicyclic amines) is 1. The van der Waals surface area contributed by atoms with Crippen molar-refractivity contribution in [3.8, 4) is 0 Å². The fourth-order valence-corrected chi connectivity index (χ4v) is 3.10. The zero-order chi connectivity index (χ0) is 14.0. The van der Waals surface area contributed by atoms with Crippen LogP contribution in [0.15, 0.2) is 5.16 Å². The largest absolute Gasteiger partial charge is 0.383 e. The average Bonchev–Trinajstić information content (AvgIpc) is 3.11. The van der Waals surface area contributed by atoms with Crippen LogP contribution in [0.25, 0.3) is 0 Å². The lowest BCUT2D eigenvalue weighted by molar-refractivity contribution is 0.199. The maximum absolute atomic E-state index is 4.99. The van der Waals surface area contributed by atoms with E-state index in [1.807, 2.05) is 4.68 Å². The summed E-state index contributed by atoms with van der Waals surface area (Å²) in [5, 5.41) is 16.1. The summed E-state index contributed by atoms with van der Waals surface area (Å²) in [6.07, 6.45) is 2.69. The summed E-state index contributed by atoms with van der Waals surface area (Å²) >= 11 is 1.74. The van der Waals surface area contributed by atoms with Gasteiger partial charge in [0.2, 0.25) is 5.16 Å². The highest BCUT2D eigenvalue weighted by atomic mass is 32.2. The van der Waals surface area contributed by atoms with Gasteiger partial charge < -0.3 is 15.0 Å². The van der Waals surface area contributed by atoms with Crippen LogP contribution in [0.2, 0.25) is 0 Å². The Morgan fingerprint density at radius 3 is 2.90 bits per heavy atom. The number of hydrogen-bond donors (Lipinski definition) is 1. The minimum Gasteiger partial charge on any atom is -0.383 e. The van der Waals surface area contributed by atoms with Gasteiger partial charge in [0.1, 0.15) is 0 Å². The Hall–Kier alpha value is -0.700. The normalized spacial score (nSPS) is 16.1. The van der Waals surface area contributed by atoms with E-state index in [4.69, 9.17) is 4.74 Å². The summed E-state index contributed by atoms with van der Waals surface area (Å²) in [5.74, 6) is 1.05. The predicted molar refractivity (Wildman–Crippen MR) is 79.0 cm³/mol. The van der Waals surface area contributed by atoms with Crippen LogP contribution < -0.4 is 5.32 Å². The van der Waals surface area contributed by atoms with Gasteiger partial charge in [-0.3, -0.25) is 0 Å². The van der Waals surface area contributed by atoms with Gasteiger partial charge in [-0.1, -0.05) is 11.8 Å². The Balaban J connectivity index is 1.62. The first kappa shape index (κ1) is 15.7. The molecule has 8 heteroatoms. The Labute approximate surface area is 124 Å². The van der Waals surface area contributed by atoms with E-state index in [1.165, 1.54) is 25.9 Å². The van der Waals surface area contributed by atoms with Gasteiger partial charge in [-0.05, 0) is 36.4 Å². The molecule has 2 rings (SSSR count). The van der Waals surface area contributed by atoms with Crippen molar-refractivity contribution in [1.82, 2.24) is 30.4 Å². The Morgan fingerprint density at radius 1 is 1.25 bits per heavy atom. The van der Waals surface area contributed by atoms with E-state index in [0.29, 0.717) is 0 Å². The lowest BCUT2D eigenvalue weighted by Gasteiger charge is -2.13. The molecular formula is C12H24N6OS. The maximum atomic E-state index is 4.99. The van der Waals surface area contributed by atoms with Gasteiger partial charge in [0.25, 0.3) is 0 Å². The Kier molecular flexibility index (Phi) is 7.27. The Bertz CT molecular complexity index is 369. The third kappa shape index (κ3) is 5.35. The maximum Gasteiger partial charge on any atom is 0.209 e. The number of ether oxygens (including phenoxy) is 1. The molecule has 1 aromatic rings. The molecule has 0 aromatic carbocycles. The molecule has 1 N–H and O–H groups in total. The summed E-state index contributed by atoms with van der Waals surface area (Å²) in [4.78, 5) is 2.51. The molecule has 0 unspecified atom stereocenters. The van der Waals surface area contributed by atoms with Crippen molar-refractivity contribution in [2.75, 3.05) is 52.2 Å². The van der Waals surface area contributed by atoms with E-state index in [-0.39, 0.29) is 0 Å². The van der Waals surface area contributed by atoms with E-state index >= 15 is 0 Å². The summed E-state index contributed by atoms with van der Waals surface area (Å²) in [6.45, 7) is 6.85. The number of nitrogens with one attached hydrogen (secondary N) is 1. The quantitative estimate of drug-likeness (QED) is 0.485. The molecule has 0 amide bonds. The number of rotatable bonds is 10. The molecule has 0 atom stereocenters. The topological polar surface area (TPSA) is 68.1 Å². The van der Waals surface area contributed by atoms with Gasteiger partial charge in [-0.25, -0.2) is 4.68 Å². The van der Waals surface area contributed by atoms with Gasteiger partial charge in [0.15, 0.2) is 0 Å². The van der Waals surface area contributed by atoms with Crippen molar-refractivity contribution >= 4 is 11.8 Å². The molecule has 0 spiro atoms. The second kappa shape index (κ2) is 9.28. The van der Waals surface area contributed by atoms with E-state index in [1.54, 1.807) is 18.9 Å². The highest BCUT2D eigenvalue weighted by molar-refractivity contribution is 7.99. The van der Waals surface area contributed by atoms with Crippen LogP contribution in [0.3, 0.4) is 0 Å². The van der Waals surface area contributed by atoms with E-state index in [2.05, 4.69) is 25.7 Å². The average molecular weight is 300 g/mol. The summed E-state index contributed by atoms with van der Waals surface area (Å²) in [6, 6.07) is 0. The zero-order valence-corrected chi connectivity index (χ0v) is 12.9. The number of nitrogens with zero attached hydrogens (tertiary/aromatic N) is 5. The summed E-state index contributed by atoms with van der Waals surface area (Å²) in [5.41, 5.74) is 0. The van der Waals surface area contributed by atoms with Gasteiger partial charge >= 0.3 is 0 Å². The van der Waals surface area contributed by atoms with E-state index in [0.717, 1.165) is 43.7 Å². The van der Waals surface area contributed by atoms with Crippen LogP contribution in [0, 0.1) is 0 Å². The van der Waals surface area contributed by atoms with Crippen molar-refractivity contribution in [1.29, 1.82) is 0 Å². The zero-order valence-electron chi connectivity index (χ0n) is 12.1. The molecule has 1 fully saturated rings. The van der Waals surface area contributed by atoms with Crippen molar-refractivity contribution in [3.63, 3.8) is 0 Å². The van der Waals surface area contributed by atoms with E-state index < -0.39 is 0 Å². The fraction of sp³-hybridized carbons (Fsp3) is 0.917. The molecule has 0 radical (unpaired) electrons. The van der Waals surface area contributed by atoms with E-state index in [9.17, 15) is 0 Å². The van der Waals surface area contributed by atoms with Gasteiger partial charge in [0, 0.05) is 32.5 Å². The second-order valence-corrected chi connectivity index (χ2v) is 5.89. The first-order chi connectivity index (χ1) is 9.90. The monoisotopic (exact) mass is 300 g/mol. The predicted octanol–water partition coefficient (Wildman–Crippen LogP) is 0.0970. The second-order valence-electron chi connectivity index (χ2n) is 4.82. The van der Waals surface area contributed by atoms with Gasteiger partial charge in [-0.2, -0.15) is 0 Å². The van der Waals surface area contributed by atoms with Gasteiger partial charge in [-0.15, -0.1) is 5.10 Å². The van der Waals surface area contributed by atoms with Crippen molar-refractivity contribution in [2.45, 2.75) is 24.5 Å². The smallest absolute Gasteiger partial charge is 0.209 e. The molecule has 7 nitrogen and oxygen atoms in total. The standard InChI is InChI=1S/C12H24N6OS/c1-19-10-5-13-4-8-18-12(14-15-16-18)20-11-9-17-6-2-3-7-17/h13H,2-11H2,1H3. The molecule has 20 heavy (non-hydrogen) atoms. The Morgan fingerprint density at radius 2 is 2.10 bits per heavy atom. The molecule has 1 saturated heterocycles. The lowest BCUT2D eigenvalue weighted by atomic mass is 10.4. The van der Waals surface area contributed by atoms with Crippen LogP contribution >= 0.6 is 11.8 Å². The molecule has 1 aliphatic heterocycles.